The topological polar surface area (TPSA) is 73.9 Å². The number of amides is 1. The quantitative estimate of drug-likeness (QED) is 0.266. The molecule has 0 saturated carbocycles. The molecule has 3 rings (SSSR count). The number of thiophene rings is 1. The number of nitrogens with one attached hydrogen (secondary N) is 1. The van der Waals surface area contributed by atoms with E-state index >= 15 is 0 Å². The molecule has 6 nitrogen and oxygen atoms in total. The van der Waals surface area contributed by atoms with Crippen molar-refractivity contribution in [3.05, 3.63) is 64.0 Å². The van der Waals surface area contributed by atoms with Gasteiger partial charge in [-0.2, -0.15) is 0 Å². The van der Waals surface area contributed by atoms with Gasteiger partial charge in [0, 0.05) is 22.4 Å². The number of rotatable bonds is 10. The van der Waals surface area contributed by atoms with Crippen molar-refractivity contribution in [3.63, 3.8) is 0 Å². The summed E-state index contributed by atoms with van der Waals surface area (Å²) in [7, 11) is 1.60. The molecule has 0 radical (unpaired) electrons. The van der Waals surface area contributed by atoms with Crippen molar-refractivity contribution in [2.75, 3.05) is 25.6 Å². The maximum atomic E-state index is 12.7. The summed E-state index contributed by atoms with van der Waals surface area (Å²) in [5.41, 5.74) is 2.83. The van der Waals surface area contributed by atoms with Crippen LogP contribution >= 0.6 is 22.9 Å². The highest BCUT2D eigenvalue weighted by Gasteiger charge is 2.22. The molecule has 174 valence electrons. The van der Waals surface area contributed by atoms with Gasteiger partial charge in [-0.1, -0.05) is 23.7 Å². The highest BCUT2D eigenvalue weighted by atomic mass is 35.5. The molecule has 0 aliphatic heterocycles. The van der Waals surface area contributed by atoms with Gasteiger partial charge in [-0.3, -0.25) is 4.79 Å². The highest BCUT2D eigenvalue weighted by Crippen LogP contribution is 2.37. The Hall–Kier alpha value is -3.03. The normalized spacial score (nSPS) is 10.5. The second kappa shape index (κ2) is 11.7. The standard InChI is InChI=1S/C25H26ClNO5S/c1-4-31-25(29)23-20(17-7-9-18(30-3)10-8-17)15-33-24(23)27-22(28)6-5-13-32-19-11-12-21(26)16(2)14-19/h7-12,14-15H,4-6,13H2,1-3H3,(H,27,28). The Kier molecular flexibility index (Phi) is 8.74. The molecular formula is C25H26ClNO5S. The van der Waals surface area contributed by atoms with Crippen molar-refractivity contribution < 1.29 is 23.8 Å². The molecule has 1 N–H and O–H groups in total. The summed E-state index contributed by atoms with van der Waals surface area (Å²) in [6.45, 7) is 4.29. The second-order valence-electron chi connectivity index (χ2n) is 7.21. The van der Waals surface area contributed by atoms with Gasteiger partial charge >= 0.3 is 5.97 Å². The van der Waals surface area contributed by atoms with Gasteiger partial charge in [0.25, 0.3) is 0 Å². The number of benzene rings is 2. The number of esters is 1. The van der Waals surface area contributed by atoms with E-state index in [9.17, 15) is 9.59 Å². The third-order valence-electron chi connectivity index (χ3n) is 4.87. The molecule has 0 atom stereocenters. The van der Waals surface area contributed by atoms with Crippen LogP contribution in [-0.4, -0.2) is 32.2 Å². The first-order valence-electron chi connectivity index (χ1n) is 10.5. The Bertz CT molecular complexity index is 1110. The molecule has 0 spiro atoms. The number of carbonyl (C=O) groups is 2. The highest BCUT2D eigenvalue weighted by molar-refractivity contribution is 7.15. The molecule has 33 heavy (non-hydrogen) atoms. The summed E-state index contributed by atoms with van der Waals surface area (Å²) in [4.78, 5) is 25.2. The molecule has 0 bridgehead atoms. The van der Waals surface area contributed by atoms with Crippen LogP contribution in [0.3, 0.4) is 0 Å². The van der Waals surface area contributed by atoms with Crippen molar-refractivity contribution in [3.8, 4) is 22.6 Å². The Morgan fingerprint density at radius 3 is 2.48 bits per heavy atom. The summed E-state index contributed by atoms with van der Waals surface area (Å²) in [6.07, 6.45) is 0.781. The minimum Gasteiger partial charge on any atom is -0.497 e. The van der Waals surface area contributed by atoms with Crippen molar-refractivity contribution in [1.82, 2.24) is 0 Å². The van der Waals surface area contributed by atoms with E-state index in [-0.39, 0.29) is 18.9 Å². The van der Waals surface area contributed by atoms with Crippen molar-refractivity contribution in [2.24, 2.45) is 0 Å². The minimum absolute atomic E-state index is 0.195. The third-order valence-corrected chi connectivity index (χ3v) is 6.19. The van der Waals surface area contributed by atoms with E-state index in [1.165, 1.54) is 11.3 Å². The molecule has 0 aliphatic carbocycles. The van der Waals surface area contributed by atoms with Crippen molar-refractivity contribution in [2.45, 2.75) is 26.7 Å². The van der Waals surface area contributed by atoms with Crippen LogP contribution in [0.2, 0.25) is 5.02 Å². The Morgan fingerprint density at radius 1 is 1.09 bits per heavy atom. The zero-order valence-electron chi connectivity index (χ0n) is 18.8. The minimum atomic E-state index is -0.471. The SMILES string of the molecule is CCOC(=O)c1c(-c2ccc(OC)cc2)csc1NC(=O)CCCOc1ccc(Cl)c(C)c1. The fraction of sp³-hybridized carbons (Fsp3) is 0.280. The fourth-order valence-corrected chi connectivity index (χ4v) is 4.25. The number of aryl methyl sites for hydroxylation is 1. The number of ether oxygens (including phenoxy) is 3. The van der Waals surface area contributed by atoms with Crippen LogP contribution < -0.4 is 14.8 Å². The van der Waals surface area contributed by atoms with Gasteiger partial charge in [0.2, 0.25) is 5.91 Å². The third kappa shape index (κ3) is 6.49. The number of methoxy groups -OCH3 is 1. The van der Waals surface area contributed by atoms with Crippen LogP contribution in [0, 0.1) is 6.92 Å². The van der Waals surface area contributed by atoms with Crippen LogP contribution in [-0.2, 0) is 9.53 Å². The molecular weight excluding hydrogens is 462 g/mol. The van der Waals surface area contributed by atoms with Gasteiger partial charge in [-0.25, -0.2) is 4.79 Å². The first kappa shape index (κ1) is 24.6. The van der Waals surface area contributed by atoms with E-state index in [0.29, 0.717) is 39.9 Å². The zero-order valence-corrected chi connectivity index (χ0v) is 20.3. The molecule has 8 heteroatoms. The lowest BCUT2D eigenvalue weighted by atomic mass is 10.0. The summed E-state index contributed by atoms with van der Waals surface area (Å²) >= 11 is 7.32. The average Bonchev–Trinajstić information content (AvgIpc) is 3.22. The molecule has 1 amide bonds. The second-order valence-corrected chi connectivity index (χ2v) is 8.50. The largest absolute Gasteiger partial charge is 0.497 e. The molecule has 0 aliphatic rings. The van der Waals surface area contributed by atoms with Crippen LogP contribution in [0.1, 0.15) is 35.7 Å². The molecule has 1 aromatic heterocycles. The summed E-state index contributed by atoms with van der Waals surface area (Å²) in [5, 5.41) is 5.86. The molecule has 0 fully saturated rings. The summed E-state index contributed by atoms with van der Waals surface area (Å²) in [6, 6.07) is 12.8. The average molecular weight is 488 g/mol. The lowest BCUT2D eigenvalue weighted by Crippen LogP contribution is -2.15. The fourth-order valence-electron chi connectivity index (χ4n) is 3.16. The Morgan fingerprint density at radius 2 is 1.82 bits per heavy atom. The van der Waals surface area contributed by atoms with Gasteiger partial charge < -0.3 is 19.5 Å². The van der Waals surface area contributed by atoms with Gasteiger partial charge in [0.15, 0.2) is 0 Å². The van der Waals surface area contributed by atoms with E-state index in [4.69, 9.17) is 25.8 Å². The molecule has 2 aromatic carbocycles. The Labute approximate surface area is 202 Å². The molecule has 0 unspecified atom stereocenters. The summed E-state index contributed by atoms with van der Waals surface area (Å²) < 4.78 is 16.1. The first-order valence-corrected chi connectivity index (χ1v) is 11.8. The molecule has 3 aromatic rings. The van der Waals surface area contributed by atoms with E-state index in [2.05, 4.69) is 5.32 Å². The number of carbonyl (C=O) groups excluding carboxylic acids is 2. The van der Waals surface area contributed by atoms with E-state index in [1.807, 2.05) is 42.6 Å². The number of hydrogen-bond donors (Lipinski definition) is 1. The van der Waals surface area contributed by atoms with Crippen LogP contribution in [0.5, 0.6) is 11.5 Å². The maximum absolute atomic E-state index is 12.7. The van der Waals surface area contributed by atoms with Gasteiger partial charge in [-0.05, 0) is 61.7 Å². The lowest BCUT2D eigenvalue weighted by Gasteiger charge is -2.10. The maximum Gasteiger partial charge on any atom is 0.341 e. The first-order chi connectivity index (χ1) is 15.9. The van der Waals surface area contributed by atoms with Gasteiger partial charge in [0.05, 0.1) is 20.3 Å². The van der Waals surface area contributed by atoms with Crippen LogP contribution in [0.15, 0.2) is 47.8 Å². The smallest absolute Gasteiger partial charge is 0.341 e. The molecule has 0 saturated heterocycles. The monoisotopic (exact) mass is 487 g/mol. The number of hydrogen-bond acceptors (Lipinski definition) is 6. The van der Waals surface area contributed by atoms with E-state index in [1.54, 1.807) is 26.2 Å². The summed E-state index contributed by atoms with van der Waals surface area (Å²) in [5.74, 6) is 0.765. The Balaban J connectivity index is 1.64. The number of halogens is 1. The van der Waals surface area contributed by atoms with Crippen LogP contribution in [0.25, 0.3) is 11.1 Å². The van der Waals surface area contributed by atoms with Gasteiger partial charge in [0.1, 0.15) is 22.1 Å². The van der Waals surface area contributed by atoms with Crippen molar-refractivity contribution >= 4 is 39.8 Å². The van der Waals surface area contributed by atoms with Gasteiger partial charge in [-0.15, -0.1) is 11.3 Å². The zero-order chi connectivity index (χ0) is 23.8. The molecule has 1 heterocycles. The van der Waals surface area contributed by atoms with Crippen molar-refractivity contribution in [1.29, 1.82) is 0 Å². The lowest BCUT2D eigenvalue weighted by molar-refractivity contribution is -0.116. The number of anilines is 1. The predicted octanol–water partition coefficient (Wildman–Crippen LogP) is 6.36. The van der Waals surface area contributed by atoms with E-state index in [0.717, 1.165) is 16.9 Å². The van der Waals surface area contributed by atoms with Crippen LogP contribution in [0.4, 0.5) is 5.00 Å². The predicted molar refractivity (Wildman–Crippen MR) is 132 cm³/mol. The van der Waals surface area contributed by atoms with E-state index < -0.39 is 5.97 Å².